The monoisotopic (exact) mass is 382 g/mol. The Morgan fingerprint density at radius 1 is 1.14 bits per heavy atom. The summed E-state index contributed by atoms with van der Waals surface area (Å²) in [6, 6.07) is 11.8. The molecule has 146 valence electrons. The van der Waals surface area contributed by atoms with Gasteiger partial charge in [-0.3, -0.25) is 14.5 Å². The lowest BCUT2D eigenvalue weighted by atomic mass is 10.1. The summed E-state index contributed by atoms with van der Waals surface area (Å²) in [5.74, 6) is -0.408. The number of ether oxygens (including phenoxy) is 1. The molecular weight excluding hydrogens is 360 g/mol. The van der Waals surface area contributed by atoms with E-state index < -0.39 is 5.91 Å². The van der Waals surface area contributed by atoms with Gasteiger partial charge in [0.15, 0.2) is 6.61 Å². The molecule has 0 fully saturated rings. The zero-order valence-electron chi connectivity index (χ0n) is 15.5. The number of benzene rings is 2. The maximum Gasteiger partial charge on any atom is 0.321 e. The van der Waals surface area contributed by atoms with Gasteiger partial charge in [-0.25, -0.2) is 4.79 Å². The molecule has 0 bridgehead atoms. The van der Waals surface area contributed by atoms with E-state index in [4.69, 9.17) is 10.5 Å². The molecule has 0 aromatic heterocycles. The van der Waals surface area contributed by atoms with E-state index in [1.165, 1.54) is 0 Å². The molecule has 0 radical (unpaired) electrons. The van der Waals surface area contributed by atoms with Crippen LogP contribution in [0.1, 0.15) is 22.8 Å². The Bertz CT molecular complexity index is 896. The van der Waals surface area contributed by atoms with Crippen LogP contribution in [0, 0.1) is 0 Å². The maximum absolute atomic E-state index is 12.5. The molecule has 1 aliphatic heterocycles. The number of primary amides is 1. The zero-order valence-corrected chi connectivity index (χ0v) is 15.5. The van der Waals surface area contributed by atoms with Crippen LogP contribution in [0.15, 0.2) is 42.5 Å². The summed E-state index contributed by atoms with van der Waals surface area (Å²) in [5, 5.41) is 5.63. The van der Waals surface area contributed by atoms with Crippen molar-refractivity contribution in [2.24, 2.45) is 5.73 Å². The Balaban J connectivity index is 1.69. The molecule has 0 unspecified atom stereocenters. The van der Waals surface area contributed by atoms with Crippen LogP contribution >= 0.6 is 0 Å². The smallest absolute Gasteiger partial charge is 0.321 e. The quantitative estimate of drug-likeness (QED) is 0.708. The Labute approximate surface area is 162 Å². The lowest BCUT2D eigenvalue weighted by Gasteiger charge is -2.18. The number of rotatable bonds is 6. The summed E-state index contributed by atoms with van der Waals surface area (Å²) in [6.45, 7) is 2.82. The summed E-state index contributed by atoms with van der Waals surface area (Å²) < 4.78 is 5.18. The summed E-state index contributed by atoms with van der Waals surface area (Å²) in [7, 11) is 0. The SMILES string of the molecule is CCNC(=O)N1CCc2ccc(NC(=O)c3ccc(OCC(N)=O)cc3)cc21. The summed E-state index contributed by atoms with van der Waals surface area (Å²) in [6.07, 6.45) is 0.785. The Morgan fingerprint density at radius 2 is 1.89 bits per heavy atom. The fraction of sp³-hybridized carbons (Fsp3) is 0.250. The van der Waals surface area contributed by atoms with Crippen molar-refractivity contribution in [3.63, 3.8) is 0 Å². The number of nitrogens with two attached hydrogens (primary N) is 1. The predicted molar refractivity (Wildman–Crippen MR) is 106 cm³/mol. The highest BCUT2D eigenvalue weighted by Gasteiger charge is 2.24. The Kier molecular flexibility index (Phi) is 5.78. The zero-order chi connectivity index (χ0) is 20.1. The van der Waals surface area contributed by atoms with Crippen molar-refractivity contribution in [2.45, 2.75) is 13.3 Å². The minimum Gasteiger partial charge on any atom is -0.484 e. The van der Waals surface area contributed by atoms with E-state index in [0.29, 0.717) is 30.1 Å². The maximum atomic E-state index is 12.5. The normalized spacial score (nSPS) is 12.2. The highest BCUT2D eigenvalue weighted by atomic mass is 16.5. The van der Waals surface area contributed by atoms with E-state index in [0.717, 1.165) is 17.7 Å². The van der Waals surface area contributed by atoms with Crippen LogP contribution in [0.3, 0.4) is 0 Å². The molecule has 8 nitrogen and oxygen atoms in total. The predicted octanol–water partition coefficient (Wildman–Crippen LogP) is 1.89. The number of nitrogens with zero attached hydrogens (tertiary/aromatic N) is 1. The first kappa shape index (κ1) is 19.2. The van der Waals surface area contributed by atoms with E-state index in [9.17, 15) is 14.4 Å². The molecule has 8 heteroatoms. The van der Waals surface area contributed by atoms with Gasteiger partial charge in [-0.15, -0.1) is 0 Å². The molecule has 4 N–H and O–H groups in total. The van der Waals surface area contributed by atoms with Gasteiger partial charge in [0.25, 0.3) is 11.8 Å². The molecule has 4 amide bonds. The first-order chi connectivity index (χ1) is 13.5. The van der Waals surface area contributed by atoms with E-state index in [1.807, 2.05) is 19.1 Å². The van der Waals surface area contributed by atoms with Gasteiger partial charge < -0.3 is 21.1 Å². The largest absolute Gasteiger partial charge is 0.484 e. The van der Waals surface area contributed by atoms with Crippen LogP contribution in [0.5, 0.6) is 5.75 Å². The minimum atomic E-state index is -0.569. The average molecular weight is 382 g/mol. The van der Waals surface area contributed by atoms with Crippen molar-refractivity contribution < 1.29 is 19.1 Å². The Hall–Kier alpha value is -3.55. The van der Waals surface area contributed by atoms with Crippen molar-refractivity contribution in [3.8, 4) is 5.75 Å². The van der Waals surface area contributed by atoms with Crippen molar-refractivity contribution in [2.75, 3.05) is 29.9 Å². The van der Waals surface area contributed by atoms with Crippen LogP contribution in [0.4, 0.5) is 16.2 Å². The molecule has 3 rings (SSSR count). The molecule has 0 saturated heterocycles. The average Bonchev–Trinajstić information content (AvgIpc) is 3.10. The first-order valence-electron chi connectivity index (χ1n) is 8.98. The number of nitrogens with one attached hydrogen (secondary N) is 2. The topological polar surface area (TPSA) is 114 Å². The number of hydrogen-bond acceptors (Lipinski definition) is 4. The molecule has 28 heavy (non-hydrogen) atoms. The van der Waals surface area contributed by atoms with Gasteiger partial charge >= 0.3 is 6.03 Å². The van der Waals surface area contributed by atoms with Crippen molar-refractivity contribution in [1.29, 1.82) is 0 Å². The standard InChI is InChI=1S/C20H22N4O4/c1-2-22-20(27)24-10-9-13-3-6-15(11-17(13)24)23-19(26)14-4-7-16(8-5-14)28-12-18(21)25/h3-8,11H,2,9-10,12H2,1H3,(H2,21,25)(H,22,27)(H,23,26). The summed E-state index contributed by atoms with van der Waals surface area (Å²) >= 11 is 0. The third kappa shape index (κ3) is 4.40. The van der Waals surface area contributed by atoms with Gasteiger partial charge in [0.2, 0.25) is 0 Å². The Morgan fingerprint density at radius 3 is 2.57 bits per heavy atom. The van der Waals surface area contributed by atoms with Gasteiger partial charge in [0.05, 0.1) is 5.69 Å². The van der Waals surface area contributed by atoms with E-state index >= 15 is 0 Å². The molecular formula is C20H22N4O4. The van der Waals surface area contributed by atoms with Gasteiger partial charge in [-0.05, 0) is 55.3 Å². The lowest BCUT2D eigenvalue weighted by Crippen LogP contribution is -2.38. The second-order valence-electron chi connectivity index (χ2n) is 6.31. The molecule has 0 atom stereocenters. The highest BCUT2D eigenvalue weighted by molar-refractivity contribution is 6.05. The highest BCUT2D eigenvalue weighted by Crippen LogP contribution is 2.31. The number of amides is 4. The molecule has 1 heterocycles. The fourth-order valence-corrected chi connectivity index (χ4v) is 2.97. The third-order valence-corrected chi connectivity index (χ3v) is 4.31. The third-order valence-electron chi connectivity index (χ3n) is 4.31. The molecule has 1 aliphatic rings. The van der Waals surface area contributed by atoms with Crippen LogP contribution in [-0.4, -0.2) is 37.5 Å². The van der Waals surface area contributed by atoms with Crippen molar-refractivity contribution in [1.82, 2.24) is 5.32 Å². The number of hydrogen-bond donors (Lipinski definition) is 3. The van der Waals surface area contributed by atoms with E-state index in [2.05, 4.69) is 10.6 Å². The molecule has 0 saturated carbocycles. The van der Waals surface area contributed by atoms with Gasteiger partial charge in [0.1, 0.15) is 5.75 Å². The van der Waals surface area contributed by atoms with Crippen LogP contribution in [0.25, 0.3) is 0 Å². The molecule has 2 aromatic carbocycles. The summed E-state index contributed by atoms with van der Waals surface area (Å²) in [4.78, 5) is 37.1. The van der Waals surface area contributed by atoms with E-state index in [-0.39, 0.29) is 18.5 Å². The first-order valence-corrected chi connectivity index (χ1v) is 8.98. The number of fused-ring (bicyclic) bond motifs is 1. The van der Waals surface area contributed by atoms with Gasteiger partial charge in [-0.1, -0.05) is 6.07 Å². The number of urea groups is 1. The molecule has 2 aromatic rings. The molecule has 0 spiro atoms. The second-order valence-corrected chi connectivity index (χ2v) is 6.31. The molecule has 0 aliphatic carbocycles. The number of carbonyl (C=O) groups is 3. The van der Waals surface area contributed by atoms with Crippen LogP contribution in [0.2, 0.25) is 0 Å². The number of carbonyl (C=O) groups excluding carboxylic acids is 3. The van der Waals surface area contributed by atoms with Gasteiger partial charge in [-0.2, -0.15) is 0 Å². The number of anilines is 2. The van der Waals surface area contributed by atoms with Crippen LogP contribution < -0.4 is 26.0 Å². The fourth-order valence-electron chi connectivity index (χ4n) is 2.97. The van der Waals surface area contributed by atoms with E-state index in [1.54, 1.807) is 35.2 Å². The van der Waals surface area contributed by atoms with Crippen molar-refractivity contribution >= 4 is 29.2 Å². The second kappa shape index (κ2) is 8.43. The van der Waals surface area contributed by atoms with Crippen molar-refractivity contribution in [3.05, 3.63) is 53.6 Å². The summed E-state index contributed by atoms with van der Waals surface area (Å²) in [5.41, 5.74) is 7.95. The van der Waals surface area contributed by atoms with Crippen LogP contribution in [-0.2, 0) is 11.2 Å². The van der Waals surface area contributed by atoms with Gasteiger partial charge in [0, 0.05) is 24.3 Å². The minimum absolute atomic E-state index is 0.142. The lowest BCUT2D eigenvalue weighted by molar-refractivity contribution is -0.119.